The number of nitrogens with zero attached hydrogens (tertiary/aromatic N) is 1. The smallest absolute Gasteiger partial charge is 0.310 e. The van der Waals surface area contributed by atoms with Gasteiger partial charge in [0, 0.05) is 5.88 Å². The molecule has 0 fully saturated rings. The van der Waals surface area contributed by atoms with Crippen molar-refractivity contribution in [3.8, 4) is 6.07 Å². The number of ether oxygens (including phenoxy) is 1. The zero-order valence-corrected chi connectivity index (χ0v) is 10.1. The van der Waals surface area contributed by atoms with Gasteiger partial charge in [0.1, 0.15) is 5.82 Å². The van der Waals surface area contributed by atoms with Gasteiger partial charge in [0.05, 0.1) is 24.7 Å². The first-order valence-electron chi connectivity index (χ1n) is 5.05. The van der Waals surface area contributed by atoms with Gasteiger partial charge in [-0.2, -0.15) is 5.26 Å². The second-order valence-electron chi connectivity index (χ2n) is 3.33. The van der Waals surface area contributed by atoms with Gasteiger partial charge in [0.25, 0.3) is 0 Å². The van der Waals surface area contributed by atoms with Gasteiger partial charge in [-0.05, 0) is 30.2 Å². The Kier molecular flexibility index (Phi) is 4.92. The van der Waals surface area contributed by atoms with E-state index < -0.39 is 11.8 Å². The molecule has 0 radical (unpaired) electrons. The Morgan fingerprint density at radius 2 is 2.18 bits per heavy atom. The van der Waals surface area contributed by atoms with Crippen molar-refractivity contribution in [2.75, 3.05) is 6.61 Å². The molecule has 1 aromatic rings. The van der Waals surface area contributed by atoms with Crippen LogP contribution in [0.25, 0.3) is 0 Å². The van der Waals surface area contributed by atoms with Crippen LogP contribution in [0.4, 0.5) is 4.39 Å². The van der Waals surface area contributed by atoms with E-state index in [1.54, 1.807) is 6.92 Å². The van der Waals surface area contributed by atoms with Crippen molar-refractivity contribution in [1.82, 2.24) is 0 Å². The Bertz CT molecular complexity index is 468. The number of rotatable bonds is 4. The lowest BCUT2D eigenvalue weighted by Crippen LogP contribution is -2.10. The molecular weight excluding hydrogens is 245 g/mol. The summed E-state index contributed by atoms with van der Waals surface area (Å²) in [5.41, 5.74) is 0.935. The molecule has 0 aliphatic rings. The fourth-order valence-electron chi connectivity index (χ4n) is 1.48. The summed E-state index contributed by atoms with van der Waals surface area (Å²) in [5.74, 6) is -0.981. The quantitative estimate of drug-likeness (QED) is 0.614. The third kappa shape index (κ3) is 3.43. The van der Waals surface area contributed by atoms with Crippen molar-refractivity contribution >= 4 is 17.6 Å². The van der Waals surface area contributed by atoms with Crippen LogP contribution < -0.4 is 0 Å². The van der Waals surface area contributed by atoms with Gasteiger partial charge in [-0.1, -0.05) is 0 Å². The van der Waals surface area contributed by atoms with Crippen molar-refractivity contribution in [3.05, 3.63) is 34.6 Å². The lowest BCUT2D eigenvalue weighted by Gasteiger charge is -2.07. The number of hydrogen-bond donors (Lipinski definition) is 0. The van der Waals surface area contributed by atoms with Gasteiger partial charge in [-0.3, -0.25) is 4.79 Å². The first-order valence-corrected chi connectivity index (χ1v) is 5.58. The minimum atomic E-state index is -0.515. The predicted octanol–water partition coefficient (Wildman–Crippen LogP) is 2.54. The van der Waals surface area contributed by atoms with Crippen LogP contribution in [0.1, 0.15) is 23.6 Å². The van der Waals surface area contributed by atoms with Crippen LogP contribution in [-0.4, -0.2) is 12.6 Å². The molecule has 0 aliphatic heterocycles. The van der Waals surface area contributed by atoms with E-state index >= 15 is 0 Å². The Labute approximate surface area is 104 Å². The molecule has 0 spiro atoms. The van der Waals surface area contributed by atoms with Crippen LogP contribution in [0.2, 0.25) is 0 Å². The van der Waals surface area contributed by atoms with Crippen molar-refractivity contribution in [2.45, 2.75) is 19.2 Å². The number of carbonyl (C=O) groups excluding carboxylic acids is 1. The van der Waals surface area contributed by atoms with Crippen LogP contribution >= 0.6 is 11.6 Å². The van der Waals surface area contributed by atoms with E-state index in [2.05, 4.69) is 0 Å². The van der Waals surface area contributed by atoms with Crippen molar-refractivity contribution < 1.29 is 13.9 Å². The van der Waals surface area contributed by atoms with E-state index in [1.807, 2.05) is 6.07 Å². The summed E-state index contributed by atoms with van der Waals surface area (Å²) in [5, 5.41) is 8.98. The average molecular weight is 256 g/mol. The SMILES string of the molecule is CCOC(=O)Cc1cc(F)cc(CCl)c1C#N. The molecule has 0 heterocycles. The number of esters is 1. The molecule has 0 atom stereocenters. The molecule has 0 bridgehead atoms. The van der Waals surface area contributed by atoms with Gasteiger partial charge in [-0.15, -0.1) is 11.6 Å². The van der Waals surface area contributed by atoms with Gasteiger partial charge in [-0.25, -0.2) is 4.39 Å². The normalized spacial score (nSPS) is 9.76. The van der Waals surface area contributed by atoms with Gasteiger partial charge in [0.15, 0.2) is 0 Å². The third-order valence-corrected chi connectivity index (χ3v) is 2.45. The molecule has 0 unspecified atom stereocenters. The zero-order chi connectivity index (χ0) is 12.8. The number of halogens is 2. The molecule has 0 aliphatic carbocycles. The lowest BCUT2D eigenvalue weighted by atomic mass is 10.0. The van der Waals surface area contributed by atoms with Gasteiger partial charge >= 0.3 is 5.97 Å². The summed E-state index contributed by atoms with van der Waals surface area (Å²) in [6.45, 7) is 1.93. The topological polar surface area (TPSA) is 50.1 Å². The standard InChI is InChI=1S/C12H11ClFNO2/c1-2-17-12(16)5-8-3-10(14)4-9(6-13)11(8)7-15/h3-4H,2,5-6H2,1H3. The van der Waals surface area contributed by atoms with Crippen LogP contribution in [0.3, 0.4) is 0 Å². The first kappa shape index (κ1) is 13.5. The highest BCUT2D eigenvalue weighted by Gasteiger charge is 2.14. The molecular formula is C12H11ClFNO2. The molecule has 1 rings (SSSR count). The summed E-state index contributed by atoms with van der Waals surface area (Å²) >= 11 is 5.62. The van der Waals surface area contributed by atoms with Crippen molar-refractivity contribution in [3.63, 3.8) is 0 Å². The van der Waals surface area contributed by atoms with E-state index in [0.29, 0.717) is 11.1 Å². The largest absolute Gasteiger partial charge is 0.466 e. The molecule has 5 heteroatoms. The number of hydrogen-bond acceptors (Lipinski definition) is 3. The second-order valence-corrected chi connectivity index (χ2v) is 3.59. The van der Waals surface area contributed by atoms with Gasteiger partial charge in [0.2, 0.25) is 0 Å². The number of nitriles is 1. The molecule has 3 nitrogen and oxygen atoms in total. The van der Waals surface area contributed by atoms with Crippen LogP contribution in [-0.2, 0) is 21.8 Å². The van der Waals surface area contributed by atoms with E-state index in [9.17, 15) is 9.18 Å². The Morgan fingerprint density at radius 3 is 2.71 bits per heavy atom. The van der Waals surface area contributed by atoms with E-state index in [1.165, 1.54) is 6.07 Å². The molecule has 0 aromatic heterocycles. The molecule has 17 heavy (non-hydrogen) atoms. The molecule has 0 amide bonds. The summed E-state index contributed by atoms with van der Waals surface area (Å²) in [4.78, 5) is 11.3. The fraction of sp³-hybridized carbons (Fsp3) is 0.333. The molecule has 1 aromatic carbocycles. The molecule has 0 saturated carbocycles. The fourth-order valence-corrected chi connectivity index (χ4v) is 1.69. The summed E-state index contributed by atoms with van der Waals surface area (Å²) in [6.07, 6.45) is -0.127. The van der Waals surface area contributed by atoms with Crippen molar-refractivity contribution in [2.24, 2.45) is 0 Å². The second kappa shape index (κ2) is 6.21. The maximum atomic E-state index is 13.2. The van der Waals surface area contributed by atoms with E-state index in [-0.39, 0.29) is 24.5 Å². The van der Waals surface area contributed by atoms with Crippen molar-refractivity contribution in [1.29, 1.82) is 5.26 Å². The van der Waals surface area contributed by atoms with E-state index in [0.717, 1.165) is 6.07 Å². The van der Waals surface area contributed by atoms with E-state index in [4.69, 9.17) is 21.6 Å². The maximum Gasteiger partial charge on any atom is 0.310 e. The Hall–Kier alpha value is -1.60. The molecule has 90 valence electrons. The highest BCUT2D eigenvalue weighted by molar-refractivity contribution is 6.17. The summed E-state index contributed by atoms with van der Waals surface area (Å²) in [6, 6.07) is 4.28. The monoisotopic (exact) mass is 255 g/mol. The number of benzene rings is 1. The number of alkyl halides is 1. The molecule has 0 saturated heterocycles. The highest BCUT2D eigenvalue weighted by atomic mass is 35.5. The third-order valence-electron chi connectivity index (χ3n) is 2.16. The predicted molar refractivity (Wildman–Crippen MR) is 61.0 cm³/mol. The Balaban J connectivity index is 3.10. The highest BCUT2D eigenvalue weighted by Crippen LogP contribution is 2.19. The Morgan fingerprint density at radius 1 is 1.53 bits per heavy atom. The van der Waals surface area contributed by atoms with Crippen LogP contribution in [0.5, 0.6) is 0 Å². The number of carbonyl (C=O) groups is 1. The first-order chi connectivity index (χ1) is 8.12. The minimum Gasteiger partial charge on any atom is -0.466 e. The van der Waals surface area contributed by atoms with Crippen LogP contribution in [0.15, 0.2) is 12.1 Å². The zero-order valence-electron chi connectivity index (χ0n) is 9.30. The minimum absolute atomic E-state index is 0.0243. The molecule has 0 N–H and O–H groups in total. The average Bonchev–Trinajstić information content (AvgIpc) is 2.28. The lowest BCUT2D eigenvalue weighted by molar-refractivity contribution is -0.142. The maximum absolute atomic E-state index is 13.2. The summed E-state index contributed by atoms with van der Waals surface area (Å²) in [7, 11) is 0. The van der Waals surface area contributed by atoms with Crippen LogP contribution in [0, 0.1) is 17.1 Å². The van der Waals surface area contributed by atoms with Gasteiger partial charge < -0.3 is 4.74 Å². The summed E-state index contributed by atoms with van der Waals surface area (Å²) < 4.78 is 18.0.